The van der Waals surface area contributed by atoms with Gasteiger partial charge in [-0.15, -0.1) is 0 Å². The van der Waals surface area contributed by atoms with E-state index in [2.05, 4.69) is 10.2 Å². The molecule has 0 fully saturated rings. The van der Waals surface area contributed by atoms with Crippen molar-refractivity contribution in [3.8, 4) is 11.5 Å². The van der Waals surface area contributed by atoms with E-state index in [4.69, 9.17) is 9.11 Å². The zero-order valence-corrected chi connectivity index (χ0v) is 13.2. The fourth-order valence-electron chi connectivity index (χ4n) is 1.58. The molecule has 0 radical (unpaired) electrons. The lowest BCUT2D eigenvalue weighted by Gasteiger charge is -2.11. The first-order valence-corrected chi connectivity index (χ1v) is 8.85. The van der Waals surface area contributed by atoms with Crippen molar-refractivity contribution in [3.05, 3.63) is 36.4 Å². The predicted octanol–water partition coefficient (Wildman–Crippen LogP) is 0.743. The van der Waals surface area contributed by atoms with Gasteiger partial charge in [0.1, 0.15) is 0 Å². The summed E-state index contributed by atoms with van der Waals surface area (Å²) in [4.78, 5) is -1.21. The molecule has 0 aliphatic carbocycles. The van der Waals surface area contributed by atoms with Gasteiger partial charge in [-0.25, -0.2) is 0 Å². The maximum atomic E-state index is 11.6. The van der Waals surface area contributed by atoms with Crippen molar-refractivity contribution < 1.29 is 36.2 Å². The number of hydrogen-bond acceptors (Lipinski definition) is 8. The molecule has 0 aromatic heterocycles. The first-order valence-electron chi connectivity index (χ1n) is 5.97. The third kappa shape index (κ3) is 4.05. The largest absolute Gasteiger partial charge is 0.871 e. The van der Waals surface area contributed by atoms with E-state index in [0.717, 1.165) is 36.4 Å². The molecule has 12 heteroatoms. The second-order valence-corrected chi connectivity index (χ2v) is 7.25. The van der Waals surface area contributed by atoms with E-state index in [9.17, 15) is 27.0 Å². The molecule has 2 aromatic rings. The molecule has 10 nitrogen and oxygen atoms in total. The van der Waals surface area contributed by atoms with Crippen molar-refractivity contribution in [2.24, 2.45) is 10.2 Å². The lowest BCUT2D eigenvalue weighted by molar-refractivity contribution is -0.268. The van der Waals surface area contributed by atoms with Crippen LogP contribution < -0.4 is 10.2 Å². The Balaban J connectivity index is 2.49. The average Bonchev–Trinajstić information content (AvgIpc) is 2.45. The van der Waals surface area contributed by atoms with Crippen LogP contribution in [0, 0.1) is 0 Å². The van der Waals surface area contributed by atoms with E-state index in [0.29, 0.717) is 0 Å². The highest BCUT2D eigenvalue weighted by Crippen LogP contribution is 2.32. The maximum absolute atomic E-state index is 11.6. The van der Waals surface area contributed by atoms with Gasteiger partial charge in [0.2, 0.25) is 0 Å². The molecule has 0 spiro atoms. The third-order valence-electron chi connectivity index (χ3n) is 2.72. The van der Waals surface area contributed by atoms with Gasteiger partial charge < -0.3 is 10.2 Å². The van der Waals surface area contributed by atoms with Crippen molar-refractivity contribution in [1.29, 1.82) is 0 Å². The molecular weight excluding hydrogens is 364 g/mol. The molecule has 0 amide bonds. The highest BCUT2D eigenvalue weighted by molar-refractivity contribution is 7.86. The van der Waals surface area contributed by atoms with Gasteiger partial charge in [-0.2, -0.15) is 27.1 Å². The first kappa shape index (κ1) is 17.8. The van der Waals surface area contributed by atoms with Crippen molar-refractivity contribution in [2.45, 2.75) is 9.79 Å². The summed E-state index contributed by atoms with van der Waals surface area (Å²) in [5.74, 6) is -1.49. The van der Waals surface area contributed by atoms with Gasteiger partial charge in [0.25, 0.3) is 20.2 Å². The Morgan fingerprint density at radius 1 is 0.708 bits per heavy atom. The summed E-state index contributed by atoms with van der Waals surface area (Å²) in [6.45, 7) is 0. The Morgan fingerprint density at radius 2 is 1.04 bits per heavy atom. The van der Waals surface area contributed by atoms with Crippen LogP contribution in [0.5, 0.6) is 11.5 Å². The Kier molecular flexibility index (Phi) is 4.57. The van der Waals surface area contributed by atoms with Crippen LogP contribution in [0.1, 0.15) is 0 Å². The van der Waals surface area contributed by atoms with Crippen molar-refractivity contribution in [1.82, 2.24) is 0 Å². The van der Waals surface area contributed by atoms with Crippen LogP contribution in [0.4, 0.5) is 11.4 Å². The quantitative estimate of drug-likeness (QED) is 0.582. The van der Waals surface area contributed by atoms with Gasteiger partial charge >= 0.3 is 0 Å². The SMILES string of the molecule is O=S(=O)(O)c1ccc([O-])c(N=Nc2cc(S(=O)(=O)O)ccc2[O-])c1. The molecule has 0 aliphatic heterocycles. The molecule has 24 heavy (non-hydrogen) atoms. The second kappa shape index (κ2) is 6.16. The Bertz CT molecular complexity index is 946. The molecule has 2 rings (SSSR count). The molecule has 0 bridgehead atoms. The fraction of sp³-hybridized carbons (Fsp3) is 0. The maximum Gasteiger partial charge on any atom is 0.294 e. The van der Waals surface area contributed by atoms with Gasteiger partial charge in [0.05, 0.1) is 21.2 Å². The third-order valence-corrected chi connectivity index (χ3v) is 4.42. The smallest absolute Gasteiger partial charge is 0.294 e. The van der Waals surface area contributed by atoms with E-state index >= 15 is 0 Å². The summed E-state index contributed by atoms with van der Waals surface area (Å²) in [6, 6.07) is 4.83. The van der Waals surface area contributed by atoms with Crippen molar-refractivity contribution in [2.75, 3.05) is 0 Å². The molecule has 0 saturated heterocycles. The van der Waals surface area contributed by atoms with Crippen LogP contribution >= 0.6 is 0 Å². The number of azo groups is 1. The van der Waals surface area contributed by atoms with E-state index in [1.54, 1.807) is 0 Å². The van der Waals surface area contributed by atoms with Gasteiger partial charge in [0.15, 0.2) is 0 Å². The van der Waals surface area contributed by atoms with Crippen LogP contribution in [-0.4, -0.2) is 25.9 Å². The van der Waals surface area contributed by atoms with Crippen LogP contribution in [0.15, 0.2) is 56.4 Å². The Labute approximate surface area is 136 Å². The molecule has 0 unspecified atom stereocenters. The molecule has 2 N–H and O–H groups in total. The predicted molar refractivity (Wildman–Crippen MR) is 75.6 cm³/mol. The second-order valence-electron chi connectivity index (χ2n) is 4.41. The molecule has 0 saturated carbocycles. The normalized spacial score (nSPS) is 12.6. The van der Waals surface area contributed by atoms with E-state index < -0.39 is 52.9 Å². The van der Waals surface area contributed by atoms with Crippen LogP contribution in [-0.2, 0) is 20.2 Å². The highest BCUT2D eigenvalue weighted by atomic mass is 32.2. The first-order chi connectivity index (χ1) is 11.0. The standard InChI is InChI=1S/C12H10N2O8S2/c15-11-3-1-7(23(17,18)19)5-9(11)13-14-10-6-8(24(20,21)22)2-4-12(10)16/h1-6,15-16H,(H,17,18,19)(H,20,21,22)/p-2. The summed E-state index contributed by atoms with van der Waals surface area (Å²) in [7, 11) is -9.15. The van der Waals surface area contributed by atoms with Gasteiger partial charge in [-0.3, -0.25) is 9.11 Å². The summed E-state index contributed by atoms with van der Waals surface area (Å²) < 4.78 is 61.9. The minimum atomic E-state index is -4.57. The Hall–Kier alpha value is -2.54. The monoisotopic (exact) mass is 372 g/mol. The Morgan fingerprint density at radius 3 is 1.33 bits per heavy atom. The zero-order valence-electron chi connectivity index (χ0n) is 11.5. The highest BCUT2D eigenvalue weighted by Gasteiger charge is 2.11. The summed E-state index contributed by atoms with van der Waals surface area (Å²) >= 11 is 0. The topological polar surface area (TPSA) is 180 Å². The number of benzene rings is 2. The van der Waals surface area contributed by atoms with Gasteiger partial charge in [0, 0.05) is 0 Å². The molecule has 0 aliphatic rings. The number of nitrogens with zero attached hydrogens (tertiary/aromatic N) is 2. The minimum absolute atomic E-state index is 0.498. The van der Waals surface area contributed by atoms with Crippen LogP contribution in [0.25, 0.3) is 0 Å². The molecule has 0 atom stereocenters. The molecule has 0 heterocycles. The molecule has 128 valence electrons. The van der Waals surface area contributed by atoms with Gasteiger partial charge in [-0.1, -0.05) is 23.6 Å². The van der Waals surface area contributed by atoms with Crippen molar-refractivity contribution in [3.63, 3.8) is 0 Å². The lowest BCUT2D eigenvalue weighted by atomic mass is 10.3. The van der Waals surface area contributed by atoms with E-state index in [1.165, 1.54) is 0 Å². The number of hydrogen-bond donors (Lipinski definition) is 2. The van der Waals surface area contributed by atoms with Crippen LogP contribution in [0.3, 0.4) is 0 Å². The summed E-state index contributed by atoms with van der Waals surface area (Å²) in [6.07, 6.45) is 0. The number of rotatable bonds is 4. The van der Waals surface area contributed by atoms with E-state index in [-0.39, 0.29) is 0 Å². The lowest BCUT2D eigenvalue weighted by Crippen LogP contribution is -1.99. The molecule has 2 aromatic carbocycles. The van der Waals surface area contributed by atoms with Crippen LogP contribution in [0.2, 0.25) is 0 Å². The average molecular weight is 372 g/mol. The fourth-order valence-corrected chi connectivity index (χ4v) is 2.58. The zero-order chi connectivity index (χ0) is 18.1. The summed E-state index contributed by atoms with van der Waals surface area (Å²) in [5, 5.41) is 30.0. The summed E-state index contributed by atoms with van der Waals surface area (Å²) in [5.41, 5.74) is -0.997. The molecular formula is C12H8N2O8S2-2. The van der Waals surface area contributed by atoms with Gasteiger partial charge in [-0.05, 0) is 24.3 Å². The van der Waals surface area contributed by atoms with Crippen molar-refractivity contribution >= 4 is 31.6 Å². The minimum Gasteiger partial charge on any atom is -0.871 e. The van der Waals surface area contributed by atoms with E-state index in [1.807, 2.05) is 0 Å².